The quantitative estimate of drug-likeness (QED) is 0.599. The number of rotatable bonds is 7. The van der Waals surface area contributed by atoms with Gasteiger partial charge < -0.3 is 19.4 Å². The molecule has 0 bridgehead atoms. The Morgan fingerprint density at radius 3 is 2.48 bits per heavy atom. The van der Waals surface area contributed by atoms with E-state index in [1.165, 1.54) is 0 Å². The van der Waals surface area contributed by atoms with E-state index in [1.807, 2.05) is 42.1 Å². The van der Waals surface area contributed by atoms with Gasteiger partial charge in [0.05, 0.1) is 12.1 Å². The first kappa shape index (κ1) is 21.0. The molecule has 0 radical (unpaired) electrons. The number of hydrogen-bond acceptors (Lipinski definition) is 4. The molecule has 0 saturated carbocycles. The van der Waals surface area contributed by atoms with E-state index in [0.29, 0.717) is 21.6 Å². The molecule has 29 heavy (non-hydrogen) atoms. The first-order valence-corrected chi connectivity index (χ1v) is 9.68. The van der Waals surface area contributed by atoms with E-state index < -0.39 is 12.1 Å². The lowest BCUT2D eigenvalue weighted by Crippen LogP contribution is -2.39. The number of hydrogen-bond donors (Lipinski definition) is 1. The van der Waals surface area contributed by atoms with Gasteiger partial charge in [-0.05, 0) is 42.8 Å². The first-order chi connectivity index (χ1) is 13.9. The number of methoxy groups -OCH3 is 1. The van der Waals surface area contributed by atoms with Crippen LogP contribution in [0.4, 0.5) is 0 Å². The Morgan fingerprint density at radius 2 is 1.90 bits per heavy atom. The Bertz CT molecular complexity index is 989. The summed E-state index contributed by atoms with van der Waals surface area (Å²) in [6.07, 6.45) is 2.73. The Hall–Kier alpha value is -2.70. The van der Waals surface area contributed by atoms with Gasteiger partial charge in [0.15, 0.2) is 6.10 Å². The zero-order chi connectivity index (χ0) is 21.0. The van der Waals surface area contributed by atoms with Gasteiger partial charge in [0.25, 0.3) is 5.91 Å². The number of ether oxygens (including phenoxy) is 2. The van der Waals surface area contributed by atoms with Crippen LogP contribution < -0.4 is 14.8 Å². The molecule has 2 atom stereocenters. The van der Waals surface area contributed by atoms with Crippen molar-refractivity contribution in [2.75, 3.05) is 7.11 Å². The fraction of sp³-hybridized carbons (Fsp3) is 0.238. The molecule has 0 spiro atoms. The van der Waals surface area contributed by atoms with Gasteiger partial charge in [0, 0.05) is 24.5 Å². The van der Waals surface area contributed by atoms with Crippen LogP contribution in [0.15, 0.2) is 54.9 Å². The van der Waals surface area contributed by atoms with Crippen LogP contribution in [0.2, 0.25) is 10.0 Å². The maximum atomic E-state index is 12.9. The molecule has 3 aromatic rings. The van der Waals surface area contributed by atoms with E-state index >= 15 is 0 Å². The number of nitrogens with zero attached hydrogens (tertiary/aromatic N) is 2. The molecule has 6 nitrogen and oxygen atoms in total. The largest absolute Gasteiger partial charge is 0.497 e. The Labute approximate surface area is 179 Å². The number of aryl methyl sites for hydroxylation is 1. The Morgan fingerprint density at radius 1 is 1.17 bits per heavy atom. The van der Waals surface area contributed by atoms with E-state index in [0.717, 1.165) is 11.3 Å². The van der Waals surface area contributed by atoms with Gasteiger partial charge in [-0.2, -0.15) is 0 Å². The zero-order valence-corrected chi connectivity index (χ0v) is 17.7. The molecule has 0 aliphatic heterocycles. The van der Waals surface area contributed by atoms with Crippen LogP contribution in [0, 0.1) is 0 Å². The smallest absolute Gasteiger partial charge is 0.261 e. The highest BCUT2D eigenvalue weighted by molar-refractivity contribution is 6.35. The molecule has 0 fully saturated rings. The molecule has 1 aromatic heterocycles. The van der Waals surface area contributed by atoms with E-state index in [4.69, 9.17) is 32.7 Å². The van der Waals surface area contributed by atoms with Crippen LogP contribution in [0.1, 0.15) is 24.4 Å². The molecule has 3 rings (SSSR count). The van der Waals surface area contributed by atoms with Crippen molar-refractivity contribution in [1.29, 1.82) is 0 Å². The molecule has 1 N–H and O–H groups in total. The lowest BCUT2D eigenvalue weighted by molar-refractivity contribution is -0.127. The fourth-order valence-corrected chi connectivity index (χ4v) is 3.28. The average molecular weight is 434 g/mol. The predicted octanol–water partition coefficient (Wildman–Crippen LogP) is 4.41. The maximum absolute atomic E-state index is 12.9. The summed E-state index contributed by atoms with van der Waals surface area (Å²) in [4.78, 5) is 17.3. The van der Waals surface area contributed by atoms with Crippen LogP contribution in [0.25, 0.3) is 0 Å². The predicted molar refractivity (Wildman–Crippen MR) is 113 cm³/mol. The standard InChI is InChI=1S/C21H21Cl2N3O3/c1-13(29-18-9-6-15(22)12-17(18)23)21(27)25-19(20-24-10-11-26(20)2)14-4-7-16(28-3)8-5-14/h4-13,19H,1-3H3,(H,25,27)/t13-,19+/m1/s1. The summed E-state index contributed by atoms with van der Waals surface area (Å²) >= 11 is 12.1. The third-order valence-electron chi connectivity index (χ3n) is 4.42. The highest BCUT2D eigenvalue weighted by Crippen LogP contribution is 2.29. The van der Waals surface area contributed by atoms with Gasteiger partial charge >= 0.3 is 0 Å². The minimum atomic E-state index is -0.783. The maximum Gasteiger partial charge on any atom is 0.261 e. The third kappa shape index (κ3) is 5.02. The molecule has 2 aromatic carbocycles. The molecular formula is C21H21Cl2N3O3. The molecule has 1 amide bonds. The number of carbonyl (C=O) groups excluding carboxylic acids is 1. The van der Waals surface area contributed by atoms with Crippen molar-refractivity contribution in [2.45, 2.75) is 19.1 Å². The van der Waals surface area contributed by atoms with E-state index in [9.17, 15) is 4.79 Å². The van der Waals surface area contributed by atoms with Crippen molar-refractivity contribution in [3.8, 4) is 11.5 Å². The number of benzene rings is 2. The minimum Gasteiger partial charge on any atom is -0.497 e. The van der Waals surface area contributed by atoms with Crippen LogP contribution in [-0.4, -0.2) is 28.7 Å². The number of amides is 1. The zero-order valence-electron chi connectivity index (χ0n) is 16.2. The second kappa shape index (κ2) is 9.20. The Balaban J connectivity index is 1.81. The van der Waals surface area contributed by atoms with Gasteiger partial charge in [0.2, 0.25) is 0 Å². The van der Waals surface area contributed by atoms with Crippen molar-refractivity contribution < 1.29 is 14.3 Å². The lowest BCUT2D eigenvalue weighted by atomic mass is 10.1. The summed E-state index contributed by atoms with van der Waals surface area (Å²) in [7, 11) is 3.48. The first-order valence-electron chi connectivity index (χ1n) is 8.92. The second-order valence-electron chi connectivity index (χ2n) is 6.45. The fourth-order valence-electron chi connectivity index (χ4n) is 2.82. The summed E-state index contributed by atoms with van der Waals surface area (Å²) in [5.74, 6) is 1.50. The summed E-state index contributed by atoms with van der Waals surface area (Å²) in [5.41, 5.74) is 0.866. The Kier molecular flexibility index (Phi) is 6.67. The monoisotopic (exact) mass is 433 g/mol. The van der Waals surface area contributed by atoms with E-state index in [-0.39, 0.29) is 5.91 Å². The van der Waals surface area contributed by atoms with Crippen molar-refractivity contribution >= 4 is 29.1 Å². The molecule has 0 aliphatic rings. The topological polar surface area (TPSA) is 65.4 Å². The van der Waals surface area contributed by atoms with Gasteiger partial charge in [-0.1, -0.05) is 35.3 Å². The SMILES string of the molecule is COc1ccc([C@H](NC(=O)[C@@H](C)Oc2ccc(Cl)cc2Cl)c2nccn2C)cc1. The van der Waals surface area contributed by atoms with Crippen molar-refractivity contribution in [2.24, 2.45) is 7.05 Å². The second-order valence-corrected chi connectivity index (χ2v) is 7.29. The van der Waals surface area contributed by atoms with Crippen LogP contribution >= 0.6 is 23.2 Å². The molecular weight excluding hydrogens is 413 g/mol. The van der Waals surface area contributed by atoms with Crippen LogP contribution in [0.3, 0.4) is 0 Å². The van der Waals surface area contributed by atoms with Crippen molar-refractivity contribution in [1.82, 2.24) is 14.9 Å². The number of imidazole rings is 1. The summed E-state index contributed by atoms with van der Waals surface area (Å²) in [6, 6.07) is 11.8. The minimum absolute atomic E-state index is 0.306. The number of nitrogens with one attached hydrogen (secondary N) is 1. The van der Waals surface area contributed by atoms with E-state index in [1.54, 1.807) is 38.4 Å². The molecule has 8 heteroatoms. The number of aromatic nitrogens is 2. The third-order valence-corrected chi connectivity index (χ3v) is 4.95. The van der Waals surface area contributed by atoms with E-state index in [2.05, 4.69) is 10.3 Å². The van der Waals surface area contributed by atoms with Crippen LogP contribution in [-0.2, 0) is 11.8 Å². The molecule has 0 unspecified atom stereocenters. The van der Waals surface area contributed by atoms with Crippen LogP contribution in [0.5, 0.6) is 11.5 Å². The van der Waals surface area contributed by atoms with Gasteiger partial charge in [-0.3, -0.25) is 4.79 Å². The highest BCUT2D eigenvalue weighted by atomic mass is 35.5. The summed E-state index contributed by atoms with van der Waals surface area (Å²) < 4.78 is 12.8. The lowest BCUT2D eigenvalue weighted by Gasteiger charge is -2.22. The van der Waals surface area contributed by atoms with Gasteiger partial charge in [-0.25, -0.2) is 4.98 Å². The highest BCUT2D eigenvalue weighted by Gasteiger charge is 2.25. The number of carbonyl (C=O) groups is 1. The van der Waals surface area contributed by atoms with Crippen molar-refractivity contribution in [3.63, 3.8) is 0 Å². The van der Waals surface area contributed by atoms with Gasteiger partial charge in [-0.15, -0.1) is 0 Å². The number of halogens is 2. The normalized spacial score (nSPS) is 12.9. The van der Waals surface area contributed by atoms with Crippen molar-refractivity contribution in [3.05, 3.63) is 76.3 Å². The average Bonchev–Trinajstić information content (AvgIpc) is 3.13. The molecule has 1 heterocycles. The molecule has 0 saturated heterocycles. The molecule has 152 valence electrons. The molecule has 0 aliphatic carbocycles. The summed E-state index contributed by atoms with van der Waals surface area (Å²) in [5, 5.41) is 3.84. The summed E-state index contributed by atoms with van der Waals surface area (Å²) in [6.45, 7) is 1.66. The van der Waals surface area contributed by atoms with Gasteiger partial charge in [0.1, 0.15) is 23.4 Å².